The van der Waals surface area contributed by atoms with Crippen molar-refractivity contribution < 1.29 is 4.79 Å². The van der Waals surface area contributed by atoms with Crippen molar-refractivity contribution in [3.63, 3.8) is 0 Å². The molecule has 1 aliphatic carbocycles. The molecule has 2 fully saturated rings. The summed E-state index contributed by atoms with van der Waals surface area (Å²) in [5.74, 6) is 1.25. The van der Waals surface area contributed by atoms with Gasteiger partial charge in [-0.25, -0.2) is 0 Å². The lowest BCUT2D eigenvalue weighted by Gasteiger charge is -2.44. The van der Waals surface area contributed by atoms with E-state index in [9.17, 15) is 4.79 Å². The number of hydrogen-bond donors (Lipinski definition) is 0. The zero-order valence-corrected chi connectivity index (χ0v) is 12.0. The SMILES string of the molecule is O=C(c1ccncc1)N1CCSC2(CCCCC2)C1. The highest BCUT2D eigenvalue weighted by Crippen LogP contribution is 2.42. The van der Waals surface area contributed by atoms with Crippen molar-refractivity contribution in [3.05, 3.63) is 30.1 Å². The number of nitrogens with zero attached hydrogens (tertiary/aromatic N) is 2. The normalized spacial score (nSPS) is 22.4. The third-order valence-corrected chi connectivity index (χ3v) is 5.76. The van der Waals surface area contributed by atoms with Crippen LogP contribution in [0.3, 0.4) is 0 Å². The second-order valence-electron chi connectivity index (χ2n) is 5.55. The van der Waals surface area contributed by atoms with Crippen LogP contribution in [0, 0.1) is 0 Å². The molecule has 1 saturated carbocycles. The lowest BCUT2D eigenvalue weighted by Crippen LogP contribution is -2.49. The standard InChI is InChI=1S/C15H20N2OS/c18-14(13-4-8-16-9-5-13)17-10-11-19-15(12-17)6-2-1-3-7-15/h4-5,8-9H,1-3,6-7,10-12H2. The first-order chi connectivity index (χ1) is 9.29. The molecule has 1 amide bonds. The Labute approximate surface area is 118 Å². The number of amides is 1. The van der Waals surface area contributed by atoms with Crippen LogP contribution >= 0.6 is 11.8 Å². The zero-order valence-electron chi connectivity index (χ0n) is 11.2. The minimum absolute atomic E-state index is 0.174. The minimum Gasteiger partial charge on any atom is -0.336 e. The maximum Gasteiger partial charge on any atom is 0.254 e. The molecular formula is C15H20N2OS. The van der Waals surface area contributed by atoms with Gasteiger partial charge in [-0.15, -0.1) is 0 Å². The third-order valence-electron chi connectivity index (χ3n) is 4.23. The van der Waals surface area contributed by atoms with Crippen LogP contribution in [0.15, 0.2) is 24.5 Å². The van der Waals surface area contributed by atoms with E-state index >= 15 is 0 Å². The number of carbonyl (C=O) groups excluding carboxylic acids is 1. The van der Waals surface area contributed by atoms with Gasteiger partial charge >= 0.3 is 0 Å². The molecule has 3 nitrogen and oxygen atoms in total. The van der Waals surface area contributed by atoms with Gasteiger partial charge in [-0.1, -0.05) is 19.3 Å². The van der Waals surface area contributed by atoms with Gasteiger partial charge in [0.1, 0.15) is 0 Å². The van der Waals surface area contributed by atoms with Crippen molar-refractivity contribution in [1.82, 2.24) is 9.88 Å². The number of aromatic nitrogens is 1. The molecule has 3 rings (SSSR count). The number of pyridine rings is 1. The number of carbonyl (C=O) groups is 1. The molecule has 0 aromatic carbocycles. The number of thioether (sulfide) groups is 1. The van der Waals surface area contributed by atoms with Gasteiger partial charge in [-0.05, 0) is 25.0 Å². The maximum absolute atomic E-state index is 12.5. The van der Waals surface area contributed by atoms with Gasteiger partial charge in [0.15, 0.2) is 0 Å². The third kappa shape index (κ3) is 2.78. The minimum atomic E-state index is 0.174. The highest BCUT2D eigenvalue weighted by atomic mass is 32.2. The first kappa shape index (κ1) is 13.0. The van der Waals surface area contributed by atoms with Crippen LogP contribution in [0.25, 0.3) is 0 Å². The molecule has 1 aromatic rings. The second-order valence-corrected chi connectivity index (χ2v) is 7.12. The summed E-state index contributed by atoms with van der Waals surface area (Å²) in [7, 11) is 0. The van der Waals surface area contributed by atoms with Crippen molar-refractivity contribution in [2.45, 2.75) is 36.9 Å². The van der Waals surface area contributed by atoms with Crippen LogP contribution in [0.4, 0.5) is 0 Å². The largest absolute Gasteiger partial charge is 0.336 e. The second kappa shape index (κ2) is 5.53. The summed E-state index contributed by atoms with van der Waals surface area (Å²) in [6.07, 6.45) is 9.95. The molecule has 0 N–H and O–H groups in total. The van der Waals surface area contributed by atoms with Gasteiger partial charge in [-0.3, -0.25) is 9.78 Å². The molecule has 0 unspecified atom stereocenters. The molecule has 102 valence electrons. The summed E-state index contributed by atoms with van der Waals surface area (Å²) in [6, 6.07) is 3.63. The molecule has 1 aromatic heterocycles. The summed E-state index contributed by atoms with van der Waals surface area (Å²) in [4.78, 5) is 18.5. The Balaban J connectivity index is 1.73. The molecule has 1 spiro atoms. The predicted molar refractivity (Wildman–Crippen MR) is 78.4 cm³/mol. The predicted octanol–water partition coefficient (Wildman–Crippen LogP) is 2.97. The Morgan fingerprint density at radius 2 is 1.95 bits per heavy atom. The average molecular weight is 276 g/mol. The Hall–Kier alpha value is -1.03. The van der Waals surface area contributed by atoms with Crippen LogP contribution in [0.1, 0.15) is 42.5 Å². The van der Waals surface area contributed by atoms with E-state index in [0.717, 1.165) is 24.4 Å². The van der Waals surface area contributed by atoms with Crippen molar-refractivity contribution in [3.8, 4) is 0 Å². The number of hydrogen-bond acceptors (Lipinski definition) is 3. The molecule has 0 bridgehead atoms. The molecule has 0 atom stereocenters. The highest BCUT2D eigenvalue weighted by Gasteiger charge is 2.38. The van der Waals surface area contributed by atoms with Gasteiger partial charge < -0.3 is 4.90 Å². The molecule has 0 radical (unpaired) electrons. The molecule has 4 heteroatoms. The molecular weight excluding hydrogens is 256 g/mol. The van der Waals surface area contributed by atoms with E-state index < -0.39 is 0 Å². The highest BCUT2D eigenvalue weighted by molar-refractivity contribution is 8.00. The molecule has 2 heterocycles. The Bertz CT molecular complexity index is 437. The first-order valence-corrected chi connectivity index (χ1v) is 8.11. The first-order valence-electron chi connectivity index (χ1n) is 7.12. The van der Waals surface area contributed by atoms with Gasteiger partial charge in [0, 0.05) is 41.5 Å². The fourth-order valence-corrected chi connectivity index (χ4v) is 4.76. The van der Waals surface area contributed by atoms with Crippen molar-refractivity contribution >= 4 is 17.7 Å². The Morgan fingerprint density at radius 3 is 2.68 bits per heavy atom. The molecule has 1 saturated heterocycles. The van der Waals surface area contributed by atoms with Crippen LogP contribution < -0.4 is 0 Å². The van der Waals surface area contributed by atoms with Crippen molar-refractivity contribution in [1.29, 1.82) is 0 Å². The Kier molecular flexibility index (Phi) is 3.78. The summed E-state index contributed by atoms with van der Waals surface area (Å²) >= 11 is 2.10. The van der Waals surface area contributed by atoms with E-state index in [-0.39, 0.29) is 5.91 Å². The summed E-state index contributed by atoms with van der Waals surface area (Å²) in [5.41, 5.74) is 0.771. The molecule has 19 heavy (non-hydrogen) atoms. The molecule has 2 aliphatic rings. The maximum atomic E-state index is 12.5. The summed E-state index contributed by atoms with van der Waals surface area (Å²) in [5, 5.41) is 0. The van der Waals surface area contributed by atoms with Gasteiger partial charge in [0.25, 0.3) is 5.91 Å². The summed E-state index contributed by atoms with van der Waals surface area (Å²) in [6.45, 7) is 1.81. The van der Waals surface area contributed by atoms with E-state index in [4.69, 9.17) is 0 Å². The lowest BCUT2D eigenvalue weighted by molar-refractivity contribution is 0.0730. The average Bonchev–Trinajstić information content (AvgIpc) is 2.48. The van der Waals surface area contributed by atoms with E-state index in [1.54, 1.807) is 12.4 Å². The smallest absolute Gasteiger partial charge is 0.254 e. The van der Waals surface area contributed by atoms with E-state index in [0.29, 0.717) is 4.75 Å². The number of rotatable bonds is 1. The monoisotopic (exact) mass is 276 g/mol. The van der Waals surface area contributed by atoms with Crippen molar-refractivity contribution in [2.75, 3.05) is 18.8 Å². The van der Waals surface area contributed by atoms with Crippen LogP contribution in [0.5, 0.6) is 0 Å². The van der Waals surface area contributed by atoms with Crippen LogP contribution in [-0.4, -0.2) is 39.4 Å². The lowest BCUT2D eigenvalue weighted by atomic mass is 9.87. The topological polar surface area (TPSA) is 33.2 Å². The molecule has 1 aliphatic heterocycles. The fraction of sp³-hybridized carbons (Fsp3) is 0.600. The van der Waals surface area contributed by atoms with Gasteiger partial charge in [-0.2, -0.15) is 11.8 Å². The van der Waals surface area contributed by atoms with Crippen molar-refractivity contribution in [2.24, 2.45) is 0 Å². The summed E-state index contributed by atoms with van der Waals surface area (Å²) < 4.78 is 0.346. The van der Waals surface area contributed by atoms with Crippen LogP contribution in [0.2, 0.25) is 0 Å². The van der Waals surface area contributed by atoms with E-state index in [1.165, 1.54) is 32.1 Å². The zero-order chi connectivity index (χ0) is 13.1. The fourth-order valence-electron chi connectivity index (χ4n) is 3.19. The van der Waals surface area contributed by atoms with Gasteiger partial charge in [0.05, 0.1) is 0 Å². The van der Waals surface area contributed by atoms with E-state index in [1.807, 2.05) is 12.1 Å². The quantitative estimate of drug-likeness (QED) is 0.790. The van der Waals surface area contributed by atoms with E-state index in [2.05, 4.69) is 21.6 Å². The Morgan fingerprint density at radius 1 is 1.21 bits per heavy atom. The van der Waals surface area contributed by atoms with Gasteiger partial charge in [0.2, 0.25) is 0 Å². The van der Waals surface area contributed by atoms with Crippen LogP contribution in [-0.2, 0) is 0 Å².